The van der Waals surface area contributed by atoms with Crippen LogP contribution in [-0.4, -0.2) is 43.0 Å². The molecule has 0 aliphatic carbocycles. The molecule has 2 amide bonds. The van der Waals surface area contributed by atoms with Crippen molar-refractivity contribution in [1.29, 1.82) is 0 Å². The average Bonchev–Trinajstić information content (AvgIpc) is 2.45. The quantitative estimate of drug-likeness (QED) is 0.676. The molecule has 2 aliphatic rings. The van der Waals surface area contributed by atoms with E-state index in [1.807, 2.05) is 0 Å². The van der Waals surface area contributed by atoms with Crippen LogP contribution in [0.3, 0.4) is 0 Å². The van der Waals surface area contributed by atoms with Crippen LogP contribution in [0.1, 0.15) is 13.3 Å². The first-order chi connectivity index (χ1) is 7.00. The molecular weight excluding hydrogens is 196 g/mol. The Morgan fingerprint density at radius 1 is 1.67 bits per heavy atom. The second-order valence-electron chi connectivity index (χ2n) is 4.88. The summed E-state index contributed by atoms with van der Waals surface area (Å²) in [5.74, 6) is -0.644. The summed E-state index contributed by atoms with van der Waals surface area (Å²) < 4.78 is 5.13. The van der Waals surface area contributed by atoms with Gasteiger partial charge in [0.1, 0.15) is 0 Å². The fourth-order valence-corrected chi connectivity index (χ4v) is 2.12. The van der Waals surface area contributed by atoms with Gasteiger partial charge in [-0.05, 0) is 0 Å². The van der Waals surface area contributed by atoms with Crippen LogP contribution in [-0.2, 0) is 14.3 Å². The molecule has 0 bridgehead atoms. The zero-order valence-corrected chi connectivity index (χ0v) is 8.86. The van der Waals surface area contributed by atoms with Crippen molar-refractivity contribution >= 4 is 11.8 Å². The minimum absolute atomic E-state index is 0.0342. The fourth-order valence-electron chi connectivity index (χ4n) is 2.12. The maximum atomic E-state index is 11.6. The number of nitrogens with two attached hydrogens (primary N) is 1. The van der Waals surface area contributed by atoms with Crippen LogP contribution in [0.4, 0.5) is 0 Å². The Labute approximate surface area is 88.5 Å². The highest BCUT2D eigenvalue weighted by molar-refractivity contribution is 5.88. The van der Waals surface area contributed by atoms with Gasteiger partial charge in [-0.1, -0.05) is 6.92 Å². The van der Waals surface area contributed by atoms with Gasteiger partial charge in [-0.25, -0.2) is 0 Å². The number of primary amides is 1. The number of carbonyl (C=O) groups is 2. The van der Waals surface area contributed by atoms with Crippen molar-refractivity contribution in [2.24, 2.45) is 17.1 Å². The Balaban J connectivity index is 1.93. The van der Waals surface area contributed by atoms with Gasteiger partial charge >= 0.3 is 0 Å². The van der Waals surface area contributed by atoms with E-state index >= 15 is 0 Å². The summed E-state index contributed by atoms with van der Waals surface area (Å²) in [4.78, 5) is 24.3. The molecule has 0 radical (unpaired) electrons. The molecule has 2 N–H and O–H groups in total. The molecule has 0 spiro atoms. The monoisotopic (exact) mass is 212 g/mol. The SMILES string of the molecule is CC1(CN2CC(C(N)=O)CC2=O)COC1. The number of carbonyl (C=O) groups excluding carboxylic acids is 2. The molecule has 1 unspecified atom stereocenters. The molecule has 2 saturated heterocycles. The van der Waals surface area contributed by atoms with Crippen LogP contribution in [0, 0.1) is 11.3 Å². The second-order valence-corrected chi connectivity index (χ2v) is 4.88. The van der Waals surface area contributed by atoms with Gasteiger partial charge in [-0.15, -0.1) is 0 Å². The zero-order valence-electron chi connectivity index (χ0n) is 8.86. The van der Waals surface area contributed by atoms with E-state index in [9.17, 15) is 9.59 Å². The molecule has 0 saturated carbocycles. The van der Waals surface area contributed by atoms with E-state index in [0.29, 0.717) is 26.3 Å². The number of ether oxygens (including phenoxy) is 1. The van der Waals surface area contributed by atoms with Crippen molar-refractivity contribution < 1.29 is 14.3 Å². The molecular formula is C10H16N2O3. The molecule has 2 heterocycles. The highest BCUT2D eigenvalue weighted by Crippen LogP contribution is 2.30. The molecule has 5 nitrogen and oxygen atoms in total. The van der Waals surface area contributed by atoms with Crippen molar-refractivity contribution in [3.05, 3.63) is 0 Å². The summed E-state index contributed by atoms with van der Waals surface area (Å²) in [6, 6.07) is 0. The molecule has 15 heavy (non-hydrogen) atoms. The molecule has 5 heteroatoms. The fraction of sp³-hybridized carbons (Fsp3) is 0.800. The summed E-state index contributed by atoms with van der Waals surface area (Å²) in [6.45, 7) is 4.62. The highest BCUT2D eigenvalue weighted by Gasteiger charge is 2.40. The van der Waals surface area contributed by atoms with Crippen molar-refractivity contribution in [3.63, 3.8) is 0 Å². The van der Waals surface area contributed by atoms with E-state index in [0.717, 1.165) is 0 Å². The first-order valence-corrected chi connectivity index (χ1v) is 5.15. The Morgan fingerprint density at radius 3 is 2.73 bits per heavy atom. The maximum Gasteiger partial charge on any atom is 0.223 e. The van der Waals surface area contributed by atoms with Gasteiger partial charge in [0, 0.05) is 24.9 Å². The number of amides is 2. The van der Waals surface area contributed by atoms with E-state index in [4.69, 9.17) is 10.5 Å². The Morgan fingerprint density at radius 2 is 2.33 bits per heavy atom. The summed E-state index contributed by atoms with van der Waals surface area (Å²) >= 11 is 0. The number of likely N-dealkylation sites (tertiary alicyclic amines) is 1. The van der Waals surface area contributed by atoms with E-state index in [1.165, 1.54) is 0 Å². The third kappa shape index (κ3) is 1.97. The minimum atomic E-state index is -0.374. The van der Waals surface area contributed by atoms with E-state index in [1.54, 1.807) is 4.90 Å². The lowest BCUT2D eigenvalue weighted by Gasteiger charge is -2.40. The predicted octanol–water partition coefficient (Wildman–Crippen LogP) is -0.643. The van der Waals surface area contributed by atoms with Crippen LogP contribution in [0.2, 0.25) is 0 Å². The molecule has 2 aliphatic heterocycles. The lowest BCUT2D eigenvalue weighted by molar-refractivity contribution is -0.140. The predicted molar refractivity (Wildman–Crippen MR) is 52.8 cm³/mol. The van der Waals surface area contributed by atoms with Gasteiger partial charge in [-0.2, -0.15) is 0 Å². The molecule has 0 aromatic heterocycles. The molecule has 2 fully saturated rings. The molecule has 0 aromatic carbocycles. The highest BCUT2D eigenvalue weighted by atomic mass is 16.5. The normalized spacial score (nSPS) is 29.0. The summed E-state index contributed by atoms with van der Waals surface area (Å²) in [7, 11) is 0. The molecule has 0 aromatic rings. The largest absolute Gasteiger partial charge is 0.380 e. The van der Waals surface area contributed by atoms with Crippen LogP contribution < -0.4 is 5.73 Å². The summed E-state index contributed by atoms with van der Waals surface area (Å²) in [5, 5.41) is 0. The van der Waals surface area contributed by atoms with Crippen LogP contribution >= 0.6 is 0 Å². The standard InChI is InChI=1S/C10H16N2O3/c1-10(5-15-6-10)4-12-3-7(9(11)14)2-8(12)13/h7H,2-6H2,1H3,(H2,11,14). The summed E-state index contributed by atoms with van der Waals surface area (Å²) in [5.41, 5.74) is 5.26. The van der Waals surface area contributed by atoms with Gasteiger partial charge in [0.05, 0.1) is 19.1 Å². The maximum absolute atomic E-state index is 11.6. The zero-order chi connectivity index (χ0) is 11.1. The minimum Gasteiger partial charge on any atom is -0.380 e. The second kappa shape index (κ2) is 3.48. The van der Waals surface area contributed by atoms with Crippen LogP contribution in [0.15, 0.2) is 0 Å². The van der Waals surface area contributed by atoms with Gasteiger partial charge in [-0.3, -0.25) is 9.59 Å². The average molecular weight is 212 g/mol. The topological polar surface area (TPSA) is 72.6 Å². The van der Waals surface area contributed by atoms with Gasteiger partial charge < -0.3 is 15.4 Å². The number of hydrogen-bond donors (Lipinski definition) is 1. The number of hydrogen-bond acceptors (Lipinski definition) is 3. The summed E-state index contributed by atoms with van der Waals surface area (Å²) in [6.07, 6.45) is 0.270. The van der Waals surface area contributed by atoms with Crippen LogP contribution in [0.25, 0.3) is 0 Å². The Bertz CT molecular complexity index is 299. The van der Waals surface area contributed by atoms with Crippen molar-refractivity contribution in [3.8, 4) is 0 Å². The van der Waals surface area contributed by atoms with E-state index in [-0.39, 0.29) is 29.6 Å². The number of nitrogens with zero attached hydrogens (tertiary/aromatic N) is 1. The van der Waals surface area contributed by atoms with Crippen molar-refractivity contribution in [2.75, 3.05) is 26.3 Å². The van der Waals surface area contributed by atoms with E-state index < -0.39 is 0 Å². The number of rotatable bonds is 3. The van der Waals surface area contributed by atoms with Gasteiger partial charge in [0.15, 0.2) is 0 Å². The van der Waals surface area contributed by atoms with Crippen molar-refractivity contribution in [1.82, 2.24) is 4.90 Å². The smallest absolute Gasteiger partial charge is 0.223 e. The molecule has 1 atom stereocenters. The first-order valence-electron chi connectivity index (χ1n) is 5.15. The molecule has 84 valence electrons. The molecule has 2 rings (SSSR count). The Kier molecular flexibility index (Phi) is 2.42. The van der Waals surface area contributed by atoms with Gasteiger partial charge in [0.2, 0.25) is 11.8 Å². The lowest BCUT2D eigenvalue weighted by atomic mass is 9.88. The third-order valence-electron chi connectivity index (χ3n) is 3.09. The lowest BCUT2D eigenvalue weighted by Crippen LogP contribution is -2.49. The van der Waals surface area contributed by atoms with Crippen molar-refractivity contribution in [2.45, 2.75) is 13.3 Å². The van der Waals surface area contributed by atoms with E-state index in [2.05, 4.69) is 6.92 Å². The Hall–Kier alpha value is -1.10. The van der Waals surface area contributed by atoms with Crippen LogP contribution in [0.5, 0.6) is 0 Å². The first kappa shape index (κ1) is 10.4. The van der Waals surface area contributed by atoms with Gasteiger partial charge in [0.25, 0.3) is 0 Å². The third-order valence-corrected chi connectivity index (χ3v) is 3.09.